The summed E-state index contributed by atoms with van der Waals surface area (Å²) in [6.45, 7) is 16.3. The minimum atomic E-state index is -4.33. The van der Waals surface area contributed by atoms with Crippen LogP contribution in [0.1, 0.15) is 105 Å². The fraction of sp³-hybridized carbons (Fsp3) is 0.700. The Hall–Kier alpha value is -1.82. The van der Waals surface area contributed by atoms with Gasteiger partial charge in [-0.05, 0) is 75.0 Å². The first-order chi connectivity index (χ1) is 16.7. The van der Waals surface area contributed by atoms with E-state index in [2.05, 4.69) is 45.6 Å². The van der Waals surface area contributed by atoms with Gasteiger partial charge >= 0.3 is 12.1 Å². The summed E-state index contributed by atoms with van der Waals surface area (Å²) >= 11 is 0. The number of likely N-dealkylation sites (tertiary alicyclic amines) is 1. The van der Waals surface area contributed by atoms with Gasteiger partial charge in [0.2, 0.25) is 0 Å². The summed E-state index contributed by atoms with van der Waals surface area (Å²) in [4.78, 5) is 15.0. The molecule has 0 spiro atoms. The highest BCUT2D eigenvalue weighted by Gasteiger charge is 2.40. The summed E-state index contributed by atoms with van der Waals surface area (Å²) in [5.41, 5.74) is 0.807. The van der Waals surface area contributed by atoms with E-state index in [-0.39, 0.29) is 23.3 Å². The van der Waals surface area contributed by atoms with Crippen LogP contribution in [0.25, 0.3) is 0 Å². The number of hydrogen-bond donors (Lipinski definition) is 0. The number of allylic oxidation sites excluding steroid dienone is 1. The van der Waals surface area contributed by atoms with Crippen molar-refractivity contribution in [3.63, 3.8) is 0 Å². The van der Waals surface area contributed by atoms with Crippen LogP contribution in [0.4, 0.5) is 13.2 Å². The van der Waals surface area contributed by atoms with E-state index in [4.69, 9.17) is 4.74 Å². The fourth-order valence-electron chi connectivity index (χ4n) is 5.21. The Morgan fingerprint density at radius 2 is 1.64 bits per heavy atom. The molecule has 0 bridgehead atoms. The molecular formula is C30H46F3NO2. The van der Waals surface area contributed by atoms with Crippen molar-refractivity contribution in [3.05, 3.63) is 47.0 Å². The lowest BCUT2D eigenvalue weighted by molar-refractivity contribution is -0.167. The molecule has 0 aliphatic carbocycles. The van der Waals surface area contributed by atoms with Crippen LogP contribution in [0.3, 0.4) is 0 Å². The van der Waals surface area contributed by atoms with Crippen LogP contribution in [0.5, 0.6) is 0 Å². The molecule has 0 radical (unpaired) electrons. The number of carbonyl (C=O) groups excluding carboxylic acids is 1. The average Bonchev–Trinajstić information content (AvgIpc) is 2.76. The number of halogens is 3. The molecule has 204 valence electrons. The Kier molecular flexibility index (Phi) is 10.7. The van der Waals surface area contributed by atoms with E-state index in [0.717, 1.165) is 57.2 Å². The quantitative estimate of drug-likeness (QED) is 0.222. The summed E-state index contributed by atoms with van der Waals surface area (Å²) < 4.78 is 45.3. The van der Waals surface area contributed by atoms with Crippen LogP contribution in [-0.2, 0) is 21.1 Å². The van der Waals surface area contributed by atoms with Crippen LogP contribution in [0.15, 0.2) is 35.9 Å². The van der Waals surface area contributed by atoms with Crippen molar-refractivity contribution < 1.29 is 22.7 Å². The molecule has 1 saturated heterocycles. The lowest BCUT2D eigenvalue weighted by Gasteiger charge is -2.45. The molecule has 1 aromatic rings. The molecule has 1 aromatic carbocycles. The molecule has 1 heterocycles. The molecule has 1 aliphatic rings. The second kappa shape index (κ2) is 12.6. The van der Waals surface area contributed by atoms with Crippen molar-refractivity contribution in [2.45, 2.75) is 117 Å². The Labute approximate surface area is 216 Å². The minimum Gasteiger partial charge on any atom is -0.459 e. The molecule has 1 aliphatic heterocycles. The monoisotopic (exact) mass is 509 g/mol. The highest BCUT2D eigenvalue weighted by Crippen LogP contribution is 2.37. The molecule has 1 unspecified atom stereocenters. The van der Waals surface area contributed by atoms with Crippen molar-refractivity contribution in [2.24, 2.45) is 5.92 Å². The summed E-state index contributed by atoms with van der Waals surface area (Å²) in [5, 5.41) is 0. The summed E-state index contributed by atoms with van der Waals surface area (Å²) in [6, 6.07) is 5.75. The average molecular weight is 510 g/mol. The summed E-state index contributed by atoms with van der Waals surface area (Å²) in [6.07, 6.45) is 3.79. The van der Waals surface area contributed by atoms with Gasteiger partial charge in [-0.2, -0.15) is 13.2 Å². The first kappa shape index (κ1) is 30.4. The van der Waals surface area contributed by atoms with Crippen LogP contribution in [0.2, 0.25) is 0 Å². The number of esters is 1. The van der Waals surface area contributed by atoms with Gasteiger partial charge in [-0.15, -0.1) is 0 Å². The van der Waals surface area contributed by atoms with Crippen molar-refractivity contribution >= 4 is 5.97 Å². The standard InChI is InChI=1S/C30H46F3NO2/c1-8-9-14-29(36-27(35)20-23(4)5)15-17-34(18-16-29)26(19-22(2)3)21-28(6,7)24-10-12-25(13-11-24)30(31,32)33/h10-13,19,23,26H,8-9,14-18,20-21H2,1-7H3. The Morgan fingerprint density at radius 1 is 1.08 bits per heavy atom. The molecule has 6 heteroatoms. The van der Waals surface area contributed by atoms with E-state index in [1.165, 1.54) is 17.7 Å². The number of rotatable bonds is 11. The van der Waals surface area contributed by atoms with Gasteiger partial charge < -0.3 is 4.74 Å². The maximum Gasteiger partial charge on any atom is 0.416 e. The molecule has 2 rings (SSSR count). The van der Waals surface area contributed by atoms with E-state index < -0.39 is 17.3 Å². The van der Waals surface area contributed by atoms with Crippen molar-refractivity contribution in [2.75, 3.05) is 13.1 Å². The number of ether oxygens (including phenoxy) is 1. The maximum absolute atomic E-state index is 13.0. The zero-order valence-electron chi connectivity index (χ0n) is 23.3. The van der Waals surface area contributed by atoms with E-state index in [1.54, 1.807) is 12.1 Å². The number of piperidine rings is 1. The fourth-order valence-corrected chi connectivity index (χ4v) is 5.21. The zero-order chi connectivity index (χ0) is 27.1. The summed E-state index contributed by atoms with van der Waals surface area (Å²) in [5.74, 6) is 0.175. The van der Waals surface area contributed by atoms with Gasteiger partial charge in [0.15, 0.2) is 0 Å². The van der Waals surface area contributed by atoms with Crippen LogP contribution in [-0.4, -0.2) is 35.6 Å². The highest BCUT2D eigenvalue weighted by atomic mass is 19.4. The van der Waals surface area contributed by atoms with Gasteiger partial charge in [-0.3, -0.25) is 9.69 Å². The molecular weight excluding hydrogens is 463 g/mol. The first-order valence-electron chi connectivity index (χ1n) is 13.5. The number of alkyl halides is 3. The van der Waals surface area contributed by atoms with Crippen molar-refractivity contribution in [1.82, 2.24) is 4.90 Å². The zero-order valence-corrected chi connectivity index (χ0v) is 23.3. The topological polar surface area (TPSA) is 29.5 Å². The van der Waals surface area contributed by atoms with E-state index in [9.17, 15) is 18.0 Å². The first-order valence-corrected chi connectivity index (χ1v) is 13.5. The SMILES string of the molecule is CCCCC1(OC(=O)CC(C)C)CCN(C(C=C(C)C)CC(C)(C)c2ccc(C(F)(F)F)cc2)CC1. The predicted molar refractivity (Wildman–Crippen MR) is 141 cm³/mol. The molecule has 0 aromatic heterocycles. The second-order valence-corrected chi connectivity index (χ2v) is 11.9. The van der Waals surface area contributed by atoms with Crippen molar-refractivity contribution in [3.8, 4) is 0 Å². The summed E-state index contributed by atoms with van der Waals surface area (Å²) in [7, 11) is 0. The molecule has 0 saturated carbocycles. The molecule has 0 N–H and O–H groups in total. The highest BCUT2D eigenvalue weighted by molar-refractivity contribution is 5.70. The molecule has 3 nitrogen and oxygen atoms in total. The van der Waals surface area contributed by atoms with Gasteiger partial charge in [-0.25, -0.2) is 0 Å². The molecule has 36 heavy (non-hydrogen) atoms. The minimum absolute atomic E-state index is 0.0983. The van der Waals surface area contributed by atoms with Gasteiger partial charge in [0.25, 0.3) is 0 Å². The third kappa shape index (κ3) is 8.93. The van der Waals surface area contributed by atoms with E-state index in [0.29, 0.717) is 6.42 Å². The third-order valence-corrected chi connectivity index (χ3v) is 7.31. The van der Waals surface area contributed by atoms with Crippen LogP contribution >= 0.6 is 0 Å². The third-order valence-electron chi connectivity index (χ3n) is 7.31. The Morgan fingerprint density at radius 3 is 2.11 bits per heavy atom. The number of hydrogen-bond acceptors (Lipinski definition) is 3. The number of carbonyl (C=O) groups is 1. The maximum atomic E-state index is 13.0. The molecule has 1 atom stereocenters. The Bertz CT molecular complexity index is 859. The van der Waals surface area contributed by atoms with Crippen LogP contribution in [0, 0.1) is 5.92 Å². The second-order valence-electron chi connectivity index (χ2n) is 11.9. The predicted octanol–water partition coefficient (Wildman–Crippen LogP) is 8.32. The largest absolute Gasteiger partial charge is 0.459 e. The lowest BCUT2D eigenvalue weighted by atomic mass is 9.77. The van der Waals surface area contributed by atoms with E-state index in [1.807, 2.05) is 13.8 Å². The van der Waals surface area contributed by atoms with Crippen molar-refractivity contribution in [1.29, 1.82) is 0 Å². The van der Waals surface area contributed by atoms with Crippen LogP contribution < -0.4 is 0 Å². The Balaban J connectivity index is 2.17. The lowest BCUT2D eigenvalue weighted by Crippen LogP contribution is -2.51. The number of benzene rings is 1. The number of nitrogens with zero attached hydrogens (tertiary/aromatic N) is 1. The van der Waals surface area contributed by atoms with Gasteiger partial charge in [-0.1, -0.05) is 64.8 Å². The van der Waals surface area contributed by atoms with E-state index >= 15 is 0 Å². The molecule has 1 fully saturated rings. The van der Waals surface area contributed by atoms with Gasteiger partial charge in [0.05, 0.1) is 5.56 Å². The molecule has 0 amide bonds. The smallest absolute Gasteiger partial charge is 0.416 e. The normalized spacial score (nSPS) is 17.6. The van der Waals surface area contributed by atoms with Gasteiger partial charge in [0, 0.05) is 25.6 Å². The number of unbranched alkanes of at least 4 members (excludes halogenated alkanes) is 1. The van der Waals surface area contributed by atoms with Gasteiger partial charge in [0.1, 0.15) is 5.60 Å².